The van der Waals surface area contributed by atoms with E-state index in [1.165, 1.54) is 4.90 Å². The summed E-state index contributed by atoms with van der Waals surface area (Å²) < 4.78 is 0. The maximum absolute atomic E-state index is 11.7. The van der Waals surface area contributed by atoms with Crippen molar-refractivity contribution in [1.82, 2.24) is 9.88 Å². The molecular formula is C10H14N2O2. The molecular weight excluding hydrogens is 180 g/mol. The Hall–Kier alpha value is -1.42. The SMILES string of the molecule is Cc1cnccc1C(=O)N(C)CCO. The zero-order chi connectivity index (χ0) is 10.6. The van der Waals surface area contributed by atoms with Crippen LogP contribution >= 0.6 is 0 Å². The third-order valence-electron chi connectivity index (χ3n) is 2.03. The summed E-state index contributed by atoms with van der Waals surface area (Å²) in [5, 5.41) is 8.70. The van der Waals surface area contributed by atoms with Gasteiger partial charge in [-0.05, 0) is 18.6 Å². The van der Waals surface area contributed by atoms with Gasteiger partial charge in [0.1, 0.15) is 0 Å². The Morgan fingerprint density at radius 1 is 1.64 bits per heavy atom. The first-order valence-electron chi connectivity index (χ1n) is 4.43. The molecule has 76 valence electrons. The molecule has 0 aliphatic heterocycles. The lowest BCUT2D eigenvalue weighted by molar-refractivity contribution is 0.0766. The second-order valence-electron chi connectivity index (χ2n) is 3.14. The third-order valence-corrected chi connectivity index (χ3v) is 2.03. The lowest BCUT2D eigenvalue weighted by Gasteiger charge is -2.16. The van der Waals surface area contributed by atoms with Gasteiger partial charge in [0.25, 0.3) is 5.91 Å². The van der Waals surface area contributed by atoms with Crippen molar-refractivity contribution in [3.63, 3.8) is 0 Å². The minimum absolute atomic E-state index is 0.0215. The van der Waals surface area contributed by atoms with E-state index >= 15 is 0 Å². The molecule has 4 nitrogen and oxygen atoms in total. The Morgan fingerprint density at radius 2 is 2.36 bits per heavy atom. The van der Waals surface area contributed by atoms with Gasteiger partial charge in [0.15, 0.2) is 0 Å². The standard InChI is InChI=1S/C10H14N2O2/c1-8-7-11-4-3-9(8)10(14)12(2)5-6-13/h3-4,7,13H,5-6H2,1-2H3. The Morgan fingerprint density at radius 3 is 2.93 bits per heavy atom. The van der Waals surface area contributed by atoms with E-state index in [0.29, 0.717) is 12.1 Å². The molecule has 0 aliphatic rings. The molecule has 1 amide bonds. The Bertz CT molecular complexity index is 326. The summed E-state index contributed by atoms with van der Waals surface area (Å²) >= 11 is 0. The molecule has 0 aromatic carbocycles. The van der Waals surface area contributed by atoms with Crippen molar-refractivity contribution < 1.29 is 9.90 Å². The zero-order valence-corrected chi connectivity index (χ0v) is 8.40. The minimum atomic E-state index is -0.0843. The number of amides is 1. The largest absolute Gasteiger partial charge is 0.395 e. The van der Waals surface area contributed by atoms with Crippen molar-refractivity contribution in [3.05, 3.63) is 29.6 Å². The Labute approximate surface area is 83.2 Å². The molecule has 0 bridgehead atoms. The van der Waals surface area contributed by atoms with Gasteiger partial charge in [0.05, 0.1) is 6.61 Å². The molecule has 4 heteroatoms. The number of aliphatic hydroxyl groups is 1. The predicted octanol–water partition coefficient (Wildman–Crippen LogP) is 0.454. The van der Waals surface area contributed by atoms with Gasteiger partial charge < -0.3 is 10.0 Å². The van der Waals surface area contributed by atoms with Crippen molar-refractivity contribution in [2.75, 3.05) is 20.2 Å². The molecule has 1 rings (SSSR count). The maximum atomic E-state index is 11.7. The fraction of sp³-hybridized carbons (Fsp3) is 0.400. The highest BCUT2D eigenvalue weighted by atomic mass is 16.3. The predicted molar refractivity (Wildman–Crippen MR) is 53.0 cm³/mol. The van der Waals surface area contributed by atoms with Crippen LogP contribution in [0.3, 0.4) is 0 Å². The first-order chi connectivity index (χ1) is 6.66. The molecule has 0 saturated carbocycles. The van der Waals surface area contributed by atoms with Gasteiger partial charge in [0.2, 0.25) is 0 Å². The number of carbonyl (C=O) groups is 1. The van der Waals surface area contributed by atoms with E-state index in [4.69, 9.17) is 5.11 Å². The molecule has 0 aliphatic carbocycles. The van der Waals surface area contributed by atoms with Crippen LogP contribution in [0.25, 0.3) is 0 Å². The van der Waals surface area contributed by atoms with Crippen LogP contribution in [0.5, 0.6) is 0 Å². The van der Waals surface area contributed by atoms with Gasteiger partial charge in [-0.15, -0.1) is 0 Å². The van der Waals surface area contributed by atoms with Gasteiger partial charge in [0, 0.05) is 31.5 Å². The summed E-state index contributed by atoms with van der Waals surface area (Å²) in [7, 11) is 1.67. The van der Waals surface area contributed by atoms with E-state index in [1.54, 1.807) is 25.5 Å². The van der Waals surface area contributed by atoms with E-state index in [0.717, 1.165) is 5.56 Å². The topological polar surface area (TPSA) is 53.4 Å². The number of hydrogen-bond donors (Lipinski definition) is 1. The highest BCUT2D eigenvalue weighted by Gasteiger charge is 2.12. The monoisotopic (exact) mass is 194 g/mol. The highest BCUT2D eigenvalue weighted by Crippen LogP contribution is 2.07. The normalized spacial score (nSPS) is 9.93. The fourth-order valence-electron chi connectivity index (χ4n) is 1.17. The summed E-state index contributed by atoms with van der Waals surface area (Å²) in [5.41, 5.74) is 1.48. The second-order valence-corrected chi connectivity index (χ2v) is 3.14. The number of rotatable bonds is 3. The van der Waals surface area contributed by atoms with E-state index < -0.39 is 0 Å². The lowest BCUT2D eigenvalue weighted by atomic mass is 10.1. The summed E-state index contributed by atoms with van der Waals surface area (Å²) in [6.45, 7) is 2.17. The number of nitrogens with zero attached hydrogens (tertiary/aromatic N) is 2. The number of likely N-dealkylation sites (N-methyl/N-ethyl adjacent to an activating group) is 1. The first-order valence-corrected chi connectivity index (χ1v) is 4.43. The molecule has 1 heterocycles. The van der Waals surface area contributed by atoms with Crippen molar-refractivity contribution in [1.29, 1.82) is 0 Å². The van der Waals surface area contributed by atoms with E-state index in [1.807, 2.05) is 6.92 Å². The van der Waals surface area contributed by atoms with Crippen molar-refractivity contribution >= 4 is 5.91 Å². The Balaban J connectivity index is 2.84. The van der Waals surface area contributed by atoms with Gasteiger partial charge in [-0.3, -0.25) is 9.78 Å². The summed E-state index contributed by atoms with van der Waals surface area (Å²) in [6.07, 6.45) is 3.24. The fourth-order valence-corrected chi connectivity index (χ4v) is 1.17. The van der Waals surface area contributed by atoms with Gasteiger partial charge in [-0.2, -0.15) is 0 Å². The highest BCUT2D eigenvalue weighted by molar-refractivity contribution is 5.95. The molecule has 0 atom stereocenters. The zero-order valence-electron chi connectivity index (χ0n) is 8.40. The molecule has 0 spiro atoms. The summed E-state index contributed by atoms with van der Waals surface area (Å²) in [5.74, 6) is -0.0843. The van der Waals surface area contributed by atoms with Crippen molar-refractivity contribution in [2.45, 2.75) is 6.92 Å². The number of aromatic nitrogens is 1. The van der Waals surface area contributed by atoms with Crippen LogP contribution in [-0.2, 0) is 0 Å². The molecule has 0 fully saturated rings. The van der Waals surface area contributed by atoms with Crippen LogP contribution in [0.1, 0.15) is 15.9 Å². The minimum Gasteiger partial charge on any atom is -0.395 e. The molecule has 1 aromatic heterocycles. The average Bonchev–Trinajstić information content (AvgIpc) is 2.18. The average molecular weight is 194 g/mol. The number of carbonyl (C=O) groups excluding carboxylic acids is 1. The number of aryl methyl sites for hydroxylation is 1. The number of pyridine rings is 1. The molecule has 0 radical (unpaired) electrons. The van der Waals surface area contributed by atoms with Crippen LogP contribution in [0, 0.1) is 6.92 Å². The quantitative estimate of drug-likeness (QED) is 0.760. The van der Waals surface area contributed by atoms with Crippen LogP contribution in [0.15, 0.2) is 18.5 Å². The van der Waals surface area contributed by atoms with Crippen molar-refractivity contribution in [3.8, 4) is 0 Å². The van der Waals surface area contributed by atoms with Crippen LogP contribution in [0.4, 0.5) is 0 Å². The van der Waals surface area contributed by atoms with E-state index in [2.05, 4.69) is 4.98 Å². The van der Waals surface area contributed by atoms with E-state index in [9.17, 15) is 4.79 Å². The first kappa shape index (κ1) is 10.7. The van der Waals surface area contributed by atoms with Crippen LogP contribution in [0.2, 0.25) is 0 Å². The van der Waals surface area contributed by atoms with Gasteiger partial charge in [-0.1, -0.05) is 0 Å². The third kappa shape index (κ3) is 2.29. The molecule has 1 N–H and O–H groups in total. The second kappa shape index (κ2) is 4.72. The molecule has 0 unspecified atom stereocenters. The molecule has 14 heavy (non-hydrogen) atoms. The molecule has 0 saturated heterocycles. The van der Waals surface area contributed by atoms with Crippen molar-refractivity contribution in [2.24, 2.45) is 0 Å². The van der Waals surface area contributed by atoms with Crippen LogP contribution < -0.4 is 0 Å². The van der Waals surface area contributed by atoms with Gasteiger partial charge >= 0.3 is 0 Å². The maximum Gasteiger partial charge on any atom is 0.254 e. The molecule has 1 aromatic rings. The lowest BCUT2D eigenvalue weighted by Crippen LogP contribution is -2.29. The summed E-state index contributed by atoms with van der Waals surface area (Å²) in [6, 6.07) is 1.69. The van der Waals surface area contributed by atoms with Gasteiger partial charge in [-0.25, -0.2) is 0 Å². The number of hydrogen-bond acceptors (Lipinski definition) is 3. The number of aliphatic hydroxyl groups excluding tert-OH is 1. The van der Waals surface area contributed by atoms with E-state index in [-0.39, 0.29) is 12.5 Å². The summed E-state index contributed by atoms with van der Waals surface area (Å²) in [4.78, 5) is 17.1. The van der Waals surface area contributed by atoms with Crippen LogP contribution in [-0.4, -0.2) is 41.1 Å². The Kier molecular flexibility index (Phi) is 3.59. The smallest absolute Gasteiger partial charge is 0.254 e.